The van der Waals surface area contributed by atoms with Gasteiger partial charge in [0.2, 0.25) is 29.5 Å². The number of hydrogen-bond donors (Lipinski definition) is 10. The molecule has 13 rings (SSSR count). The van der Waals surface area contributed by atoms with Crippen LogP contribution in [0.15, 0.2) is 117 Å². The summed E-state index contributed by atoms with van der Waals surface area (Å²) in [6.07, 6.45) is 24.0. The quantitative estimate of drug-likeness (QED) is 0.0250. The predicted octanol–water partition coefficient (Wildman–Crippen LogP) is 13.7. The van der Waals surface area contributed by atoms with Gasteiger partial charge in [-0.1, -0.05) is 147 Å². The van der Waals surface area contributed by atoms with Crippen LogP contribution in [0.4, 0.5) is 24.0 Å². The van der Waals surface area contributed by atoms with Crippen LogP contribution in [-0.2, 0) is 47.7 Å². The molecule has 0 saturated carbocycles. The van der Waals surface area contributed by atoms with Crippen LogP contribution in [0.25, 0.3) is 0 Å². The zero-order valence-corrected chi connectivity index (χ0v) is 83.7. The van der Waals surface area contributed by atoms with Crippen LogP contribution in [0.3, 0.4) is 0 Å². The van der Waals surface area contributed by atoms with E-state index >= 15 is 0 Å². The third kappa shape index (κ3) is 29.8. The maximum absolute atomic E-state index is 13.4. The van der Waals surface area contributed by atoms with Crippen LogP contribution >= 0.6 is 47.8 Å². The zero-order chi connectivity index (χ0) is 99.0. The fraction of sp³-hybridized carbons (Fsp3) is 0.459. The topological polar surface area (TPSA) is 437 Å². The maximum atomic E-state index is 13.4. The summed E-state index contributed by atoms with van der Waals surface area (Å²) in [6.45, 7) is 21.9. The predicted molar refractivity (Wildman–Crippen MR) is 518 cm³/mol. The van der Waals surface area contributed by atoms with Gasteiger partial charge in [0.25, 0.3) is 0 Å². The minimum absolute atomic E-state index is 0.0549. The number of nitrogens with zero attached hydrogens (tertiary/aromatic N) is 10. The zero-order valence-electron chi connectivity index (χ0n) is 79.0. The van der Waals surface area contributed by atoms with Crippen LogP contribution in [0.2, 0.25) is 0 Å². The number of likely N-dealkylation sites (tertiary alicyclic amines) is 5. The normalized spacial score (nSPS) is 17.3. The van der Waals surface area contributed by atoms with Crippen LogP contribution < -0.4 is 26.6 Å². The van der Waals surface area contributed by atoms with Gasteiger partial charge in [-0.05, 0) is 184 Å². The van der Waals surface area contributed by atoms with Crippen LogP contribution in [-0.4, -0.2) is 233 Å². The Bertz CT molecular complexity index is 5430. The first kappa shape index (κ1) is 106. The summed E-state index contributed by atoms with van der Waals surface area (Å²) in [4.78, 5) is 171. The lowest BCUT2D eigenvalue weighted by Gasteiger charge is -2.29. The van der Waals surface area contributed by atoms with Crippen LogP contribution in [0.1, 0.15) is 238 Å². The van der Waals surface area contributed by atoms with Crippen LogP contribution in [0, 0.1) is 89.8 Å². The van der Waals surface area contributed by atoms with E-state index in [0.29, 0.717) is 90.3 Å². The van der Waals surface area contributed by atoms with E-state index in [9.17, 15) is 47.9 Å². The second-order valence-electron chi connectivity index (χ2n) is 34.2. The van der Waals surface area contributed by atoms with Crippen molar-refractivity contribution < 1.29 is 71.6 Å². The largest absolute Gasteiger partial charge is 0.453 e. The molecule has 38 heteroatoms. The van der Waals surface area contributed by atoms with E-state index in [1.165, 1.54) is 35.5 Å². The highest BCUT2D eigenvalue weighted by atomic mass is 79.9. The summed E-state index contributed by atoms with van der Waals surface area (Å²) in [5.41, 5.74) is 5.63. The van der Waals surface area contributed by atoms with Gasteiger partial charge in [-0.2, -0.15) is 0 Å². The summed E-state index contributed by atoms with van der Waals surface area (Å²) in [6, 6.07) is 19.0. The minimum atomic E-state index is -0.700. The molecule has 0 spiro atoms. The number of halogens is 3. The molecule has 10 N–H and O–H groups in total. The average Bonchev–Trinajstić information content (AvgIpc) is 1.69. The van der Waals surface area contributed by atoms with E-state index in [1.54, 1.807) is 55.5 Å². The SMILES string of the molecule is Brc1ccc(Br)cc1.C#Cc1cnc([C@@H]2CCCN2C(=O)[C@@H](NC(=O)OC)C(C)C)[nH]1.C#Cc1cnc([C@@H]2CCCN2C(=O)[C@@H](NC(=O)OC)C(C)C)[nH]1.COC(=O)N[C@H](C(=O)N1CCC[C@H]1c1ncc(C#Cc2ccc(Br)cc2)[nH]1)C(C)C.COC(=O)N[C@H](C(=O)N1CCC[C@H]1c1ncc(C#Cc2ccc(C#Cc3cnc([C@@H]4CCCN4C(=O)[C@@H](NC(=O)OC)C(C)C)[nH]3)cc2)[nH]1)C(C)C. The van der Waals surface area contributed by atoms with Crippen molar-refractivity contribution in [3.8, 4) is 60.2 Å². The van der Waals surface area contributed by atoms with Crippen molar-refractivity contribution >= 4 is 108 Å². The number of carbonyl (C=O) groups is 10. The van der Waals surface area contributed by atoms with Gasteiger partial charge < -0.3 is 99.7 Å². The van der Waals surface area contributed by atoms with Crippen molar-refractivity contribution in [2.24, 2.45) is 29.6 Å². The highest BCUT2D eigenvalue weighted by Crippen LogP contribution is 2.37. The number of nitrogens with one attached hydrogen (secondary N) is 10. The van der Waals surface area contributed by atoms with Crippen molar-refractivity contribution in [1.82, 2.24) is 101 Å². The number of aromatic amines is 5. The Morgan fingerprint density at radius 1 is 0.309 bits per heavy atom. The summed E-state index contributed by atoms with van der Waals surface area (Å²) in [5, 5.41) is 13.2. The second-order valence-corrected chi connectivity index (χ2v) is 37.0. The Morgan fingerprint density at radius 3 is 0.662 bits per heavy atom. The molecule has 0 radical (unpaired) electrons. The Labute approximate surface area is 818 Å². The van der Waals surface area contributed by atoms with Crippen LogP contribution in [0.5, 0.6) is 0 Å². The number of H-pyrrole nitrogens is 5. The van der Waals surface area contributed by atoms with Gasteiger partial charge in [-0.15, -0.1) is 12.8 Å². The lowest BCUT2D eigenvalue weighted by molar-refractivity contribution is -0.136. The van der Waals surface area contributed by atoms with Gasteiger partial charge in [0.1, 0.15) is 87.8 Å². The number of aromatic nitrogens is 10. The van der Waals surface area contributed by atoms with Gasteiger partial charge in [0, 0.05) is 62.8 Å². The van der Waals surface area contributed by atoms with E-state index in [-0.39, 0.29) is 89.3 Å². The molecule has 10 amide bonds. The molecule has 35 nitrogen and oxygen atoms in total. The molecular formula is C98H119Br3N20O15. The Morgan fingerprint density at radius 2 is 0.485 bits per heavy atom. The first-order valence-electron chi connectivity index (χ1n) is 44.9. The third-order valence-electron chi connectivity index (χ3n) is 23.1. The van der Waals surface area contributed by atoms with Crippen molar-refractivity contribution in [1.29, 1.82) is 0 Å². The van der Waals surface area contributed by atoms with Crippen molar-refractivity contribution in [3.63, 3.8) is 0 Å². The van der Waals surface area contributed by atoms with E-state index in [0.717, 1.165) is 94.3 Å². The molecule has 8 aromatic rings. The Balaban J connectivity index is 0.000000210. The van der Waals surface area contributed by atoms with Crippen molar-refractivity contribution in [2.45, 2.75) is 194 Å². The smallest absolute Gasteiger partial charge is 0.407 e. The molecule has 5 aliphatic heterocycles. The minimum Gasteiger partial charge on any atom is -0.453 e. The summed E-state index contributed by atoms with van der Waals surface area (Å²) >= 11 is 10.1. The van der Waals surface area contributed by atoms with Gasteiger partial charge >= 0.3 is 30.5 Å². The van der Waals surface area contributed by atoms with Crippen molar-refractivity contribution in [3.05, 3.63) is 191 Å². The number of ether oxygens (including phenoxy) is 5. The van der Waals surface area contributed by atoms with Gasteiger partial charge in [-0.3, -0.25) is 24.0 Å². The average molecular weight is 2060 g/mol. The molecule has 10 atom stereocenters. The number of rotatable bonds is 20. The fourth-order valence-corrected chi connectivity index (χ4v) is 16.6. The molecule has 5 aromatic heterocycles. The number of amides is 10. The number of hydrogen-bond acceptors (Lipinski definition) is 20. The number of terminal acetylenes is 2. The van der Waals surface area contributed by atoms with Gasteiger partial charge in [0.15, 0.2) is 0 Å². The van der Waals surface area contributed by atoms with E-state index in [4.69, 9.17) is 22.3 Å². The molecule has 5 fully saturated rings. The highest BCUT2D eigenvalue weighted by Gasteiger charge is 2.43. The Hall–Kier alpha value is -13.4. The number of benzene rings is 3. The maximum Gasteiger partial charge on any atom is 0.407 e. The number of methoxy groups -OCH3 is 5. The molecule has 3 aromatic carbocycles. The standard InChI is InChI=1S/C38H46N8O6.C22H25BrN4O3.2C16H22N4O3.C6H4Br2/c1-23(2)31(43-37(49)51-5)35(47)45-19-7-9-29(45)33-39-21-27(41-33)17-15-25-11-13-26(14-12-25)16-18-28-22-40-34(42-28)30-10-8-20-46(30)36(48)32(24(3)4)44-38(50)52-6;1-14(2)19(26-22(29)30-3)21(28)27-12-4-5-18(27)20-24-13-17(25-20)11-8-15-6-9-16(23)10-7-15;2*1-5-11-9-17-14(18-11)12-7-6-8-20(12)15(21)13(10(2)3)19-16(22)23-4;7-5-1-2-6(8)4-3-5/h11-14,21-24,29-32H,7-10,19-20H2,1-6H3,(H,39,41)(H,40,42)(H,43,49)(H,44,50);6-7,9-10,13-14,18-19H,4-5,12H2,1-3H3,(H,24,25)(H,26,29);2*1,9-10,12-13H,6-8H2,2-4H3,(H,17,18)(H,19,22);1-4H/t29-,30-,31-,32-;18-,19-;2*12-,13-;/m0000./s1. The summed E-state index contributed by atoms with van der Waals surface area (Å²) in [7, 11) is 6.39. The molecule has 0 unspecified atom stereocenters. The first-order valence-corrected chi connectivity index (χ1v) is 47.2. The summed E-state index contributed by atoms with van der Waals surface area (Å²) in [5.74, 6) is 26.0. The second kappa shape index (κ2) is 51.9. The summed E-state index contributed by atoms with van der Waals surface area (Å²) < 4.78 is 26.6. The number of carbonyl (C=O) groups excluding carboxylic acids is 10. The fourth-order valence-electron chi connectivity index (χ4n) is 15.8. The molecule has 0 aliphatic carbocycles. The lowest BCUT2D eigenvalue weighted by atomic mass is 10.0. The van der Waals surface area contributed by atoms with E-state index in [1.807, 2.05) is 142 Å². The van der Waals surface area contributed by atoms with Crippen molar-refractivity contribution in [2.75, 3.05) is 68.3 Å². The third-order valence-corrected chi connectivity index (χ3v) is 24.6. The molecular weight excluding hydrogens is 1940 g/mol. The van der Waals surface area contributed by atoms with Gasteiger partial charge in [-0.25, -0.2) is 48.9 Å². The highest BCUT2D eigenvalue weighted by molar-refractivity contribution is 9.11. The lowest BCUT2D eigenvalue weighted by Crippen LogP contribution is -2.51. The molecule has 0 bridgehead atoms. The molecule has 5 aliphatic rings. The molecule has 10 heterocycles. The monoisotopic (exact) mass is 2050 g/mol. The molecule has 5 saturated heterocycles. The Kier molecular flexibility index (Phi) is 40.6. The number of alkyl carbamates (subject to hydrolysis) is 5. The van der Waals surface area contributed by atoms with Gasteiger partial charge in [0.05, 0.1) is 96.7 Å². The first-order chi connectivity index (χ1) is 65.1. The van der Waals surface area contributed by atoms with E-state index < -0.39 is 60.7 Å². The molecule has 722 valence electrons. The number of imidazole rings is 5. The van der Waals surface area contributed by atoms with E-state index in [2.05, 4.69) is 186 Å². The molecule has 136 heavy (non-hydrogen) atoms.